The standard InChI is InChI=1S/C21H25N5O4S2/c1-4-29-14(27)11-31-20-17-16(23-25-24-20)15-12-9-21(2,3)30-10-13(12)18(22-19(15)32-17)26-5-7-28-8-6-26/h4-11H2,1-3H3. The van der Waals surface area contributed by atoms with Gasteiger partial charge in [0.05, 0.1) is 42.5 Å². The summed E-state index contributed by atoms with van der Waals surface area (Å²) < 4.78 is 17.7. The molecule has 2 aliphatic heterocycles. The fourth-order valence-corrected chi connectivity index (χ4v) is 6.13. The van der Waals surface area contributed by atoms with Crippen LogP contribution < -0.4 is 4.90 Å². The Morgan fingerprint density at radius 1 is 1.25 bits per heavy atom. The molecule has 0 saturated carbocycles. The van der Waals surface area contributed by atoms with Gasteiger partial charge in [-0.05, 0) is 31.5 Å². The molecule has 0 radical (unpaired) electrons. The van der Waals surface area contributed by atoms with Gasteiger partial charge < -0.3 is 19.1 Å². The van der Waals surface area contributed by atoms with E-state index in [2.05, 4.69) is 34.2 Å². The minimum absolute atomic E-state index is 0.182. The molecule has 9 nitrogen and oxygen atoms in total. The molecule has 1 saturated heterocycles. The molecule has 0 aromatic carbocycles. The summed E-state index contributed by atoms with van der Waals surface area (Å²) in [5.74, 6) is 0.885. The highest BCUT2D eigenvalue weighted by atomic mass is 32.2. The molecule has 3 aromatic rings. The molecule has 5 heterocycles. The number of thiophene rings is 1. The zero-order chi connectivity index (χ0) is 22.3. The van der Waals surface area contributed by atoms with Crippen molar-refractivity contribution < 1.29 is 19.0 Å². The number of fused-ring (bicyclic) bond motifs is 5. The molecule has 11 heteroatoms. The number of hydrogen-bond donors (Lipinski definition) is 0. The topological polar surface area (TPSA) is 99.6 Å². The third-order valence-electron chi connectivity index (χ3n) is 5.63. The van der Waals surface area contributed by atoms with E-state index in [9.17, 15) is 4.79 Å². The van der Waals surface area contributed by atoms with E-state index in [-0.39, 0.29) is 17.3 Å². The largest absolute Gasteiger partial charge is 0.465 e. The van der Waals surface area contributed by atoms with Crippen LogP contribution in [0.3, 0.4) is 0 Å². The number of ether oxygens (including phenoxy) is 3. The molecular weight excluding hydrogens is 450 g/mol. The van der Waals surface area contributed by atoms with Gasteiger partial charge in [-0.3, -0.25) is 4.79 Å². The molecule has 0 amide bonds. The quantitative estimate of drug-likeness (QED) is 0.404. The molecule has 1 fully saturated rings. The first kappa shape index (κ1) is 21.7. The molecule has 0 unspecified atom stereocenters. The van der Waals surface area contributed by atoms with Crippen LogP contribution in [0.5, 0.6) is 0 Å². The maximum atomic E-state index is 11.9. The van der Waals surface area contributed by atoms with Gasteiger partial charge in [0.15, 0.2) is 0 Å². The Kier molecular flexibility index (Phi) is 5.91. The summed E-state index contributed by atoms with van der Waals surface area (Å²) in [5.41, 5.74) is 2.86. The van der Waals surface area contributed by atoms with Gasteiger partial charge in [0.1, 0.15) is 21.2 Å². The van der Waals surface area contributed by atoms with E-state index in [0.717, 1.165) is 51.3 Å². The summed E-state index contributed by atoms with van der Waals surface area (Å²) in [6.45, 7) is 9.89. The summed E-state index contributed by atoms with van der Waals surface area (Å²) in [5, 5.41) is 14.3. The Labute approximate surface area is 193 Å². The van der Waals surface area contributed by atoms with Gasteiger partial charge in [0, 0.05) is 30.5 Å². The molecule has 170 valence electrons. The third-order valence-corrected chi connectivity index (χ3v) is 7.78. The van der Waals surface area contributed by atoms with E-state index in [4.69, 9.17) is 19.2 Å². The fraction of sp³-hybridized carbons (Fsp3) is 0.571. The smallest absolute Gasteiger partial charge is 0.316 e. The second-order valence-electron chi connectivity index (χ2n) is 8.37. The van der Waals surface area contributed by atoms with E-state index in [0.29, 0.717) is 31.5 Å². The highest BCUT2D eigenvalue weighted by Crippen LogP contribution is 2.44. The minimum Gasteiger partial charge on any atom is -0.465 e. The number of rotatable bonds is 5. The zero-order valence-corrected chi connectivity index (χ0v) is 20.0. The second kappa shape index (κ2) is 8.69. The van der Waals surface area contributed by atoms with Gasteiger partial charge in [-0.2, -0.15) is 0 Å². The molecule has 0 aliphatic carbocycles. The van der Waals surface area contributed by atoms with Crippen molar-refractivity contribution in [2.45, 2.75) is 44.4 Å². The van der Waals surface area contributed by atoms with Gasteiger partial charge in [0.2, 0.25) is 0 Å². The van der Waals surface area contributed by atoms with Crippen molar-refractivity contribution in [2.24, 2.45) is 0 Å². The summed E-state index contributed by atoms with van der Waals surface area (Å²) >= 11 is 2.88. The highest BCUT2D eigenvalue weighted by Gasteiger charge is 2.33. The molecular formula is C21H25N5O4S2. The van der Waals surface area contributed by atoms with Crippen LogP contribution in [-0.2, 0) is 32.0 Å². The molecule has 0 N–H and O–H groups in total. The lowest BCUT2D eigenvalue weighted by Crippen LogP contribution is -2.39. The Morgan fingerprint density at radius 3 is 2.84 bits per heavy atom. The van der Waals surface area contributed by atoms with Crippen LogP contribution in [0, 0.1) is 0 Å². The average molecular weight is 476 g/mol. The van der Waals surface area contributed by atoms with Crippen molar-refractivity contribution in [1.29, 1.82) is 0 Å². The number of morpholine rings is 1. The molecule has 0 atom stereocenters. The second-order valence-corrected chi connectivity index (χ2v) is 10.3. The van der Waals surface area contributed by atoms with Crippen LogP contribution >= 0.6 is 23.1 Å². The first-order valence-electron chi connectivity index (χ1n) is 10.7. The van der Waals surface area contributed by atoms with Crippen LogP contribution in [0.1, 0.15) is 31.9 Å². The van der Waals surface area contributed by atoms with Crippen LogP contribution in [0.4, 0.5) is 5.82 Å². The SMILES string of the molecule is CCOC(=O)CSc1nnnc2c1sc1nc(N3CCOCC3)c3c(c12)CC(C)(C)OC3. The number of carbonyl (C=O) groups excluding carboxylic acids is 1. The first-order chi connectivity index (χ1) is 15.5. The van der Waals surface area contributed by atoms with Crippen molar-refractivity contribution in [2.75, 3.05) is 43.6 Å². The van der Waals surface area contributed by atoms with Crippen molar-refractivity contribution in [1.82, 2.24) is 20.4 Å². The first-order valence-corrected chi connectivity index (χ1v) is 12.5. The summed E-state index contributed by atoms with van der Waals surface area (Å²) in [4.78, 5) is 20.1. The van der Waals surface area contributed by atoms with Gasteiger partial charge in [0.25, 0.3) is 0 Å². The van der Waals surface area contributed by atoms with E-state index in [1.54, 1.807) is 18.3 Å². The van der Waals surface area contributed by atoms with Gasteiger partial charge >= 0.3 is 5.97 Å². The van der Waals surface area contributed by atoms with Gasteiger partial charge in [-0.1, -0.05) is 11.8 Å². The van der Waals surface area contributed by atoms with Gasteiger partial charge in [-0.15, -0.1) is 21.5 Å². The molecule has 5 rings (SSSR count). The molecule has 0 bridgehead atoms. The lowest BCUT2D eigenvalue weighted by molar-refractivity contribution is -0.139. The maximum Gasteiger partial charge on any atom is 0.316 e. The predicted molar refractivity (Wildman–Crippen MR) is 123 cm³/mol. The Bertz CT molecular complexity index is 1180. The number of anilines is 1. The summed E-state index contributed by atoms with van der Waals surface area (Å²) in [6, 6.07) is 0. The average Bonchev–Trinajstić information content (AvgIpc) is 3.16. The zero-order valence-electron chi connectivity index (χ0n) is 18.3. The Morgan fingerprint density at radius 2 is 2.06 bits per heavy atom. The normalized spacial score (nSPS) is 18.2. The molecule has 3 aromatic heterocycles. The van der Waals surface area contributed by atoms with Crippen LogP contribution in [0.2, 0.25) is 0 Å². The highest BCUT2D eigenvalue weighted by molar-refractivity contribution is 8.00. The molecule has 0 spiro atoms. The predicted octanol–water partition coefficient (Wildman–Crippen LogP) is 2.98. The van der Waals surface area contributed by atoms with Crippen LogP contribution in [0.15, 0.2) is 5.03 Å². The van der Waals surface area contributed by atoms with Crippen molar-refractivity contribution >= 4 is 55.3 Å². The number of esters is 1. The lowest BCUT2D eigenvalue weighted by atomic mass is 9.90. The van der Waals surface area contributed by atoms with Crippen molar-refractivity contribution in [3.8, 4) is 0 Å². The van der Waals surface area contributed by atoms with E-state index < -0.39 is 0 Å². The van der Waals surface area contributed by atoms with Crippen LogP contribution in [-0.4, -0.2) is 70.6 Å². The van der Waals surface area contributed by atoms with Gasteiger partial charge in [-0.25, -0.2) is 4.98 Å². The van der Waals surface area contributed by atoms with Crippen LogP contribution in [0.25, 0.3) is 20.4 Å². The number of hydrogen-bond acceptors (Lipinski definition) is 11. The molecule has 32 heavy (non-hydrogen) atoms. The fourth-order valence-electron chi connectivity index (χ4n) is 4.16. The van der Waals surface area contributed by atoms with E-state index in [1.165, 1.54) is 17.3 Å². The lowest BCUT2D eigenvalue weighted by Gasteiger charge is -2.36. The van der Waals surface area contributed by atoms with Crippen molar-refractivity contribution in [3.63, 3.8) is 0 Å². The number of nitrogens with zero attached hydrogens (tertiary/aromatic N) is 5. The number of thioether (sulfide) groups is 1. The summed E-state index contributed by atoms with van der Waals surface area (Å²) in [7, 11) is 0. The number of pyridine rings is 1. The van der Waals surface area contributed by atoms with E-state index in [1.807, 2.05) is 0 Å². The molecule has 2 aliphatic rings. The Balaban J connectivity index is 1.65. The number of aromatic nitrogens is 4. The monoisotopic (exact) mass is 475 g/mol. The van der Waals surface area contributed by atoms with E-state index >= 15 is 0 Å². The maximum absolute atomic E-state index is 11.9. The minimum atomic E-state index is -0.278. The number of carbonyl (C=O) groups is 1. The Hall–Kier alpha value is -2.08. The van der Waals surface area contributed by atoms with Crippen molar-refractivity contribution in [3.05, 3.63) is 11.1 Å². The third kappa shape index (κ3) is 4.02. The summed E-state index contributed by atoms with van der Waals surface area (Å²) in [6.07, 6.45) is 0.764.